The van der Waals surface area contributed by atoms with Gasteiger partial charge in [-0.05, 0) is 56.2 Å². The van der Waals surface area contributed by atoms with Gasteiger partial charge in [0.15, 0.2) is 11.6 Å². The number of halogens is 1. The molecule has 6 rings (SSSR count). The smallest absolute Gasteiger partial charge is 0.323 e. The molecule has 2 aromatic heterocycles. The largest absolute Gasteiger partial charge is 0.422 e. The van der Waals surface area contributed by atoms with Gasteiger partial charge in [0.05, 0.1) is 12.4 Å². The Morgan fingerprint density at radius 2 is 2.00 bits per heavy atom. The topological polar surface area (TPSA) is 97.0 Å². The standard InChI is InChI=1S/C24H25FN6O2/c1-13-7-18-10-24(9-13,22-30-29-21(33-22)15-4-5-15)31(18)23(32)28-17-6-3-14(2)19(8-17)20-26-11-16(25)12-27-20/h3,6,8,11-13,15,18H,4-5,7,9-10H2,1-2H3,(H,28,32)/t13-,18-,24+/m1/s1. The normalized spacial score (nSPS) is 26.1. The molecule has 1 N–H and O–H groups in total. The van der Waals surface area contributed by atoms with Crippen molar-refractivity contribution in [3.63, 3.8) is 0 Å². The number of hydrogen-bond acceptors (Lipinski definition) is 6. The van der Waals surface area contributed by atoms with Crippen LogP contribution in [0.15, 0.2) is 35.0 Å². The molecule has 3 aliphatic rings. The summed E-state index contributed by atoms with van der Waals surface area (Å²) in [6.07, 6.45) is 7.07. The van der Waals surface area contributed by atoms with E-state index in [0.29, 0.717) is 35.1 Å². The van der Waals surface area contributed by atoms with Crippen molar-refractivity contribution in [1.82, 2.24) is 25.1 Å². The van der Waals surface area contributed by atoms with Gasteiger partial charge >= 0.3 is 6.03 Å². The van der Waals surface area contributed by atoms with Gasteiger partial charge in [0.1, 0.15) is 5.54 Å². The molecule has 2 aliphatic heterocycles. The Labute approximate surface area is 190 Å². The number of amides is 2. The summed E-state index contributed by atoms with van der Waals surface area (Å²) in [5.74, 6) is 2.04. The fraction of sp³-hybridized carbons (Fsp3) is 0.458. The highest BCUT2D eigenvalue weighted by Gasteiger charge is 2.62. The minimum absolute atomic E-state index is 0.148. The summed E-state index contributed by atoms with van der Waals surface area (Å²) < 4.78 is 19.3. The van der Waals surface area contributed by atoms with E-state index in [4.69, 9.17) is 4.42 Å². The number of aromatic nitrogens is 4. The second-order valence-electron chi connectivity index (χ2n) is 9.71. The molecular weight excluding hydrogens is 423 g/mol. The third-order valence-electron chi connectivity index (χ3n) is 7.09. The number of piperidine rings is 1. The Morgan fingerprint density at radius 1 is 1.21 bits per heavy atom. The van der Waals surface area contributed by atoms with Gasteiger partial charge in [-0.3, -0.25) is 0 Å². The molecule has 1 aromatic carbocycles. The monoisotopic (exact) mass is 448 g/mol. The number of carbonyl (C=O) groups is 1. The van der Waals surface area contributed by atoms with Gasteiger partial charge < -0.3 is 14.6 Å². The summed E-state index contributed by atoms with van der Waals surface area (Å²) in [4.78, 5) is 23.5. The summed E-state index contributed by atoms with van der Waals surface area (Å²) in [5, 5.41) is 11.7. The van der Waals surface area contributed by atoms with Gasteiger partial charge in [-0.15, -0.1) is 10.2 Å². The summed E-state index contributed by atoms with van der Waals surface area (Å²) in [7, 11) is 0. The molecule has 3 fully saturated rings. The van der Waals surface area contributed by atoms with Crippen molar-refractivity contribution in [2.75, 3.05) is 5.32 Å². The van der Waals surface area contributed by atoms with Crippen molar-refractivity contribution in [3.05, 3.63) is 53.8 Å². The van der Waals surface area contributed by atoms with Crippen LogP contribution in [0.2, 0.25) is 0 Å². The highest BCUT2D eigenvalue weighted by atomic mass is 19.1. The molecule has 0 unspecified atom stereocenters. The SMILES string of the molecule is Cc1ccc(NC(=O)N2[C@@H]3C[C@@H](C)C[C@@]2(c2nnc(C4CC4)o2)C3)cc1-c1ncc(F)cn1. The zero-order valence-electron chi connectivity index (χ0n) is 18.6. The third-order valence-corrected chi connectivity index (χ3v) is 7.09. The molecule has 2 bridgehead atoms. The molecule has 2 amide bonds. The maximum absolute atomic E-state index is 13.5. The number of urea groups is 1. The van der Waals surface area contributed by atoms with Crippen LogP contribution in [0.3, 0.4) is 0 Å². The van der Waals surface area contributed by atoms with Crippen molar-refractivity contribution < 1.29 is 13.6 Å². The van der Waals surface area contributed by atoms with Crippen molar-refractivity contribution in [3.8, 4) is 11.4 Å². The van der Waals surface area contributed by atoms with E-state index >= 15 is 0 Å². The first-order valence-electron chi connectivity index (χ1n) is 11.5. The number of aryl methyl sites for hydroxylation is 1. The van der Waals surface area contributed by atoms with Crippen LogP contribution in [0, 0.1) is 18.7 Å². The lowest BCUT2D eigenvalue weighted by atomic mass is 9.64. The number of benzene rings is 1. The lowest BCUT2D eigenvalue weighted by molar-refractivity contribution is -0.110. The molecule has 1 saturated carbocycles. The van der Waals surface area contributed by atoms with Crippen LogP contribution in [0.1, 0.15) is 62.3 Å². The van der Waals surface area contributed by atoms with Crippen molar-refractivity contribution in [1.29, 1.82) is 0 Å². The lowest BCUT2D eigenvalue weighted by Crippen LogP contribution is -2.70. The molecule has 0 spiro atoms. The summed E-state index contributed by atoms with van der Waals surface area (Å²) >= 11 is 0. The minimum atomic E-state index is -0.542. The summed E-state index contributed by atoms with van der Waals surface area (Å²) in [6.45, 7) is 4.14. The van der Waals surface area contributed by atoms with Crippen LogP contribution >= 0.6 is 0 Å². The Bertz CT molecular complexity index is 1220. The van der Waals surface area contributed by atoms with E-state index in [1.54, 1.807) is 0 Å². The van der Waals surface area contributed by atoms with Crippen LogP contribution in [-0.4, -0.2) is 37.1 Å². The fourth-order valence-electron chi connectivity index (χ4n) is 5.44. The molecule has 2 saturated heterocycles. The molecule has 8 nitrogen and oxygen atoms in total. The number of nitrogens with one attached hydrogen (secondary N) is 1. The number of fused-ring (bicyclic) bond motifs is 2. The van der Waals surface area contributed by atoms with E-state index in [1.165, 1.54) is 0 Å². The maximum Gasteiger partial charge on any atom is 0.323 e. The zero-order chi connectivity index (χ0) is 22.7. The second-order valence-corrected chi connectivity index (χ2v) is 9.71. The van der Waals surface area contributed by atoms with E-state index < -0.39 is 11.4 Å². The van der Waals surface area contributed by atoms with E-state index in [9.17, 15) is 9.18 Å². The third kappa shape index (κ3) is 3.37. The van der Waals surface area contributed by atoms with Gasteiger partial charge in [-0.25, -0.2) is 19.2 Å². The zero-order valence-corrected chi connectivity index (χ0v) is 18.6. The van der Waals surface area contributed by atoms with Gasteiger partial charge in [-0.2, -0.15) is 0 Å². The maximum atomic E-state index is 13.5. The molecule has 0 radical (unpaired) electrons. The number of rotatable bonds is 4. The first-order chi connectivity index (χ1) is 15.9. The highest BCUT2D eigenvalue weighted by molar-refractivity contribution is 5.91. The second kappa shape index (κ2) is 7.33. The number of carbonyl (C=O) groups excluding carboxylic acids is 1. The molecule has 3 aromatic rings. The summed E-state index contributed by atoms with van der Waals surface area (Å²) in [5.41, 5.74) is 1.76. The van der Waals surface area contributed by atoms with Crippen LogP contribution < -0.4 is 5.32 Å². The van der Waals surface area contributed by atoms with Crippen molar-refractivity contribution in [2.45, 2.75) is 63.5 Å². The molecular formula is C24H25FN6O2. The molecule has 170 valence electrons. The number of hydrogen-bond donors (Lipinski definition) is 1. The summed E-state index contributed by atoms with van der Waals surface area (Å²) in [6, 6.07) is 5.54. The predicted molar refractivity (Wildman–Crippen MR) is 118 cm³/mol. The van der Waals surface area contributed by atoms with E-state index in [1.807, 2.05) is 30.0 Å². The quantitative estimate of drug-likeness (QED) is 0.617. The average Bonchev–Trinajstić information content (AvgIpc) is 3.51. The molecule has 1 aliphatic carbocycles. The Morgan fingerprint density at radius 3 is 2.76 bits per heavy atom. The van der Waals surface area contributed by atoms with Crippen LogP contribution in [-0.2, 0) is 5.54 Å². The predicted octanol–water partition coefficient (Wildman–Crippen LogP) is 4.78. The number of anilines is 1. The Hall–Kier alpha value is -3.36. The first-order valence-corrected chi connectivity index (χ1v) is 11.5. The average molecular weight is 449 g/mol. The van der Waals surface area contributed by atoms with E-state index in [2.05, 4.69) is 32.4 Å². The first kappa shape index (κ1) is 20.3. The highest BCUT2D eigenvalue weighted by Crippen LogP contribution is 2.56. The van der Waals surface area contributed by atoms with Gasteiger partial charge in [-0.1, -0.05) is 13.0 Å². The number of nitrogens with zero attached hydrogens (tertiary/aromatic N) is 5. The van der Waals surface area contributed by atoms with Crippen LogP contribution in [0.4, 0.5) is 14.9 Å². The van der Waals surface area contributed by atoms with Gasteiger partial charge in [0.25, 0.3) is 0 Å². The van der Waals surface area contributed by atoms with Gasteiger partial charge in [0.2, 0.25) is 11.8 Å². The molecule has 33 heavy (non-hydrogen) atoms. The van der Waals surface area contributed by atoms with E-state index in [-0.39, 0.29) is 12.1 Å². The lowest BCUT2D eigenvalue weighted by Gasteiger charge is -2.61. The van der Waals surface area contributed by atoms with Crippen molar-refractivity contribution in [2.24, 2.45) is 5.92 Å². The van der Waals surface area contributed by atoms with Crippen LogP contribution in [0.25, 0.3) is 11.4 Å². The van der Waals surface area contributed by atoms with Crippen LogP contribution in [0.5, 0.6) is 0 Å². The van der Waals surface area contributed by atoms with Gasteiger partial charge in [0, 0.05) is 29.6 Å². The molecule has 4 heterocycles. The van der Waals surface area contributed by atoms with Crippen molar-refractivity contribution >= 4 is 11.7 Å². The Kier molecular flexibility index (Phi) is 4.50. The van der Waals surface area contributed by atoms with E-state index in [0.717, 1.165) is 55.6 Å². The molecule has 3 atom stereocenters. The molecule has 9 heteroatoms. The Balaban J connectivity index is 1.27. The fourth-order valence-corrected chi connectivity index (χ4v) is 5.44. The minimum Gasteiger partial charge on any atom is -0.422 e.